The summed E-state index contributed by atoms with van der Waals surface area (Å²) in [7, 11) is -3.38. The molecule has 168 valence electrons. The lowest BCUT2D eigenvalue weighted by molar-refractivity contribution is -0.0176. The number of amides is 2. The van der Waals surface area contributed by atoms with Gasteiger partial charge in [0.15, 0.2) is 0 Å². The summed E-state index contributed by atoms with van der Waals surface area (Å²) in [6.45, 7) is 3.31. The van der Waals surface area contributed by atoms with Crippen LogP contribution in [0.2, 0.25) is 0 Å². The normalized spacial score (nSPS) is 27.6. The number of hydrogen-bond donors (Lipinski definition) is 2. The molecule has 9 nitrogen and oxygen atoms in total. The molecule has 0 bridgehead atoms. The minimum absolute atomic E-state index is 0.0989. The lowest BCUT2D eigenvalue weighted by atomic mass is 9.86. The molecule has 3 rings (SSSR count). The number of ether oxygens (including phenoxy) is 1. The van der Waals surface area contributed by atoms with Gasteiger partial charge in [0.05, 0.1) is 25.0 Å². The minimum atomic E-state index is -3.38. The predicted molar refractivity (Wildman–Crippen MR) is 114 cm³/mol. The molecule has 2 atom stereocenters. The third-order valence-corrected chi connectivity index (χ3v) is 6.59. The molecule has 2 heterocycles. The highest BCUT2D eigenvalue weighted by molar-refractivity contribution is 7.88. The van der Waals surface area contributed by atoms with E-state index in [-0.39, 0.29) is 24.2 Å². The monoisotopic (exact) mass is 439 g/mol. The van der Waals surface area contributed by atoms with Crippen LogP contribution in [-0.2, 0) is 14.8 Å². The Morgan fingerprint density at radius 1 is 1.20 bits per heavy atom. The first kappa shape index (κ1) is 22.9. The number of piperidine rings is 1. The van der Waals surface area contributed by atoms with Gasteiger partial charge < -0.3 is 15.0 Å². The highest BCUT2D eigenvalue weighted by Crippen LogP contribution is 2.32. The molecule has 1 saturated carbocycles. The molecule has 1 saturated heterocycles. The third-order valence-electron chi connectivity index (χ3n) is 5.86. The van der Waals surface area contributed by atoms with Crippen LogP contribution in [-0.4, -0.2) is 73.5 Å². The van der Waals surface area contributed by atoms with Crippen molar-refractivity contribution in [3.8, 4) is 0 Å². The van der Waals surface area contributed by atoms with Gasteiger partial charge in [-0.15, -0.1) is 0 Å². The summed E-state index contributed by atoms with van der Waals surface area (Å²) in [5.41, 5.74) is 0. The topological polar surface area (TPSA) is 114 Å². The fourth-order valence-corrected chi connectivity index (χ4v) is 5.25. The number of likely N-dealkylation sites (tertiary alicyclic amines) is 1. The van der Waals surface area contributed by atoms with E-state index in [1.54, 1.807) is 17.3 Å². The van der Waals surface area contributed by atoms with Crippen molar-refractivity contribution in [1.82, 2.24) is 24.9 Å². The summed E-state index contributed by atoms with van der Waals surface area (Å²) in [6.07, 6.45) is 9.98. The van der Waals surface area contributed by atoms with Crippen LogP contribution in [0.25, 0.3) is 0 Å². The Morgan fingerprint density at radius 3 is 2.53 bits per heavy atom. The summed E-state index contributed by atoms with van der Waals surface area (Å²) in [5, 5.41) is 2.83. The van der Waals surface area contributed by atoms with Crippen LogP contribution >= 0.6 is 0 Å². The molecule has 30 heavy (non-hydrogen) atoms. The zero-order chi connectivity index (χ0) is 21.6. The number of carbonyl (C=O) groups excluding carboxylic acids is 1. The molecule has 10 heteroatoms. The first-order valence-electron chi connectivity index (χ1n) is 10.8. The van der Waals surface area contributed by atoms with E-state index in [0.29, 0.717) is 32.0 Å². The van der Waals surface area contributed by atoms with Crippen LogP contribution in [0.5, 0.6) is 0 Å². The first-order chi connectivity index (χ1) is 14.4. The Morgan fingerprint density at radius 2 is 1.90 bits per heavy atom. The van der Waals surface area contributed by atoms with Crippen LogP contribution in [0.3, 0.4) is 0 Å². The van der Waals surface area contributed by atoms with Crippen LogP contribution in [0.1, 0.15) is 57.2 Å². The summed E-state index contributed by atoms with van der Waals surface area (Å²) in [5.74, 6) is 1.25. The maximum Gasteiger partial charge on any atom is 0.317 e. The molecule has 0 unspecified atom stereocenters. The second-order valence-corrected chi connectivity index (χ2v) is 9.93. The summed E-state index contributed by atoms with van der Waals surface area (Å²) in [6, 6.07) is 0.987. The van der Waals surface area contributed by atoms with Crippen molar-refractivity contribution < 1.29 is 17.9 Å². The van der Waals surface area contributed by atoms with Gasteiger partial charge in [-0.3, -0.25) is 0 Å². The van der Waals surface area contributed by atoms with E-state index >= 15 is 0 Å². The number of hydrogen-bond acceptors (Lipinski definition) is 6. The average molecular weight is 440 g/mol. The highest BCUT2D eigenvalue weighted by Gasteiger charge is 2.37. The minimum Gasteiger partial charge on any atom is -0.376 e. The Kier molecular flexibility index (Phi) is 8.01. The quantitative estimate of drug-likeness (QED) is 0.668. The summed E-state index contributed by atoms with van der Waals surface area (Å²) < 4.78 is 32.6. The molecule has 1 aromatic rings. The molecule has 1 aliphatic heterocycles. The highest BCUT2D eigenvalue weighted by atomic mass is 32.2. The van der Waals surface area contributed by atoms with Crippen molar-refractivity contribution in [2.75, 3.05) is 26.0 Å². The molecule has 1 aliphatic carbocycles. The predicted octanol–water partition coefficient (Wildman–Crippen LogP) is 1.63. The van der Waals surface area contributed by atoms with Gasteiger partial charge in [0.2, 0.25) is 10.0 Å². The van der Waals surface area contributed by atoms with Crippen molar-refractivity contribution in [3.63, 3.8) is 0 Å². The fourth-order valence-electron chi connectivity index (χ4n) is 4.42. The third kappa shape index (κ3) is 6.36. The molecule has 2 N–H and O–H groups in total. The maximum absolute atomic E-state index is 12.5. The van der Waals surface area contributed by atoms with Gasteiger partial charge in [-0.05, 0) is 51.5 Å². The zero-order valence-electron chi connectivity index (χ0n) is 17.8. The van der Waals surface area contributed by atoms with E-state index in [1.807, 2.05) is 13.0 Å². The lowest BCUT2D eigenvalue weighted by Gasteiger charge is -2.41. The standard InChI is InChI=1S/C20H33N5O4S/c1-3-21-20(26)25-13-4-6-17(24-30(2,27)28)18(25)14-29-16-9-7-15(8-10-16)19-22-11-5-12-23-19/h5,11-12,15-18,24H,3-4,6-10,13-14H2,1-2H3,(H,21,26)/t15-,16+,17-,18-/m0/s1. The Balaban J connectivity index is 1.59. The van der Waals surface area contributed by atoms with E-state index in [2.05, 4.69) is 20.0 Å². The Bertz CT molecular complexity index is 784. The first-order valence-corrected chi connectivity index (χ1v) is 12.7. The smallest absolute Gasteiger partial charge is 0.317 e. The Hall–Kier alpha value is -1.78. The van der Waals surface area contributed by atoms with Crippen molar-refractivity contribution in [1.29, 1.82) is 0 Å². The fraction of sp³-hybridized carbons (Fsp3) is 0.750. The van der Waals surface area contributed by atoms with E-state index in [9.17, 15) is 13.2 Å². The molecule has 0 spiro atoms. The average Bonchev–Trinajstić information content (AvgIpc) is 2.73. The number of nitrogens with one attached hydrogen (secondary N) is 2. The SMILES string of the molecule is CCNC(=O)N1CCC[C@H](NS(C)(=O)=O)[C@@H]1CO[C@H]1CC[C@@H](c2ncccn2)CC1. The largest absolute Gasteiger partial charge is 0.376 e. The van der Waals surface area contributed by atoms with Crippen molar-refractivity contribution in [2.24, 2.45) is 0 Å². The van der Waals surface area contributed by atoms with E-state index in [1.165, 1.54) is 0 Å². The van der Waals surface area contributed by atoms with Crippen molar-refractivity contribution in [2.45, 2.75) is 69.6 Å². The summed E-state index contributed by atoms with van der Waals surface area (Å²) in [4.78, 5) is 23.0. The van der Waals surface area contributed by atoms with Gasteiger partial charge in [-0.1, -0.05) is 0 Å². The number of rotatable bonds is 7. The van der Waals surface area contributed by atoms with Crippen LogP contribution in [0, 0.1) is 0 Å². The van der Waals surface area contributed by atoms with Gasteiger partial charge in [-0.2, -0.15) is 0 Å². The molecular formula is C20H33N5O4S. The van der Waals surface area contributed by atoms with E-state index < -0.39 is 10.0 Å². The number of sulfonamides is 1. The van der Waals surface area contributed by atoms with Gasteiger partial charge >= 0.3 is 6.03 Å². The zero-order valence-corrected chi connectivity index (χ0v) is 18.6. The Labute approximate surface area is 179 Å². The molecule has 2 aliphatic rings. The second-order valence-electron chi connectivity index (χ2n) is 8.15. The second kappa shape index (κ2) is 10.5. The number of carbonyl (C=O) groups is 1. The van der Waals surface area contributed by atoms with Gasteiger partial charge in [0, 0.05) is 37.4 Å². The summed E-state index contributed by atoms with van der Waals surface area (Å²) >= 11 is 0. The molecule has 0 aromatic carbocycles. The van der Waals surface area contributed by atoms with E-state index in [0.717, 1.165) is 44.2 Å². The van der Waals surface area contributed by atoms with Gasteiger partial charge in [-0.25, -0.2) is 27.9 Å². The van der Waals surface area contributed by atoms with Crippen LogP contribution in [0.4, 0.5) is 4.79 Å². The molecule has 2 amide bonds. The van der Waals surface area contributed by atoms with Crippen molar-refractivity contribution >= 4 is 16.1 Å². The number of nitrogens with zero attached hydrogens (tertiary/aromatic N) is 3. The lowest BCUT2D eigenvalue weighted by Crippen LogP contribution is -2.60. The maximum atomic E-state index is 12.5. The van der Waals surface area contributed by atoms with Crippen molar-refractivity contribution in [3.05, 3.63) is 24.3 Å². The van der Waals surface area contributed by atoms with E-state index in [4.69, 9.17) is 4.74 Å². The molecule has 0 radical (unpaired) electrons. The molecule has 2 fully saturated rings. The number of urea groups is 1. The van der Waals surface area contributed by atoms with Crippen LogP contribution < -0.4 is 10.0 Å². The van der Waals surface area contributed by atoms with Gasteiger partial charge in [0.1, 0.15) is 5.82 Å². The van der Waals surface area contributed by atoms with Crippen LogP contribution in [0.15, 0.2) is 18.5 Å². The molecular weight excluding hydrogens is 406 g/mol. The molecule has 1 aromatic heterocycles. The van der Waals surface area contributed by atoms with Gasteiger partial charge in [0.25, 0.3) is 0 Å². The number of aromatic nitrogens is 2.